The topological polar surface area (TPSA) is 26.3 Å². The molecule has 74 valence electrons. The Morgan fingerprint density at radius 1 is 1.43 bits per heavy atom. The summed E-state index contributed by atoms with van der Waals surface area (Å²) in [7, 11) is 0. The molecule has 2 nitrogen and oxygen atoms in total. The van der Waals surface area contributed by atoms with Crippen molar-refractivity contribution in [3.63, 3.8) is 0 Å². The Hall–Kier alpha value is -1.38. The van der Waals surface area contributed by atoms with Gasteiger partial charge in [0.05, 0.1) is 5.56 Å². The summed E-state index contributed by atoms with van der Waals surface area (Å²) in [4.78, 5) is 11.5. The van der Waals surface area contributed by atoms with Crippen molar-refractivity contribution in [1.29, 1.82) is 0 Å². The SMILES string of the molecule is CC1(C)Cc2c(F)cccc2C(=O)O1. The van der Waals surface area contributed by atoms with Crippen molar-refractivity contribution >= 4 is 5.97 Å². The summed E-state index contributed by atoms with van der Waals surface area (Å²) in [6.07, 6.45) is 0.431. The third kappa shape index (κ3) is 1.39. The van der Waals surface area contributed by atoms with Gasteiger partial charge in [0.1, 0.15) is 11.4 Å². The Morgan fingerprint density at radius 3 is 2.86 bits per heavy atom. The molecule has 2 rings (SSSR count). The summed E-state index contributed by atoms with van der Waals surface area (Å²) >= 11 is 0. The van der Waals surface area contributed by atoms with Gasteiger partial charge in [-0.1, -0.05) is 6.07 Å². The van der Waals surface area contributed by atoms with E-state index in [-0.39, 0.29) is 5.82 Å². The number of esters is 1. The van der Waals surface area contributed by atoms with E-state index in [1.165, 1.54) is 12.1 Å². The molecule has 0 unspecified atom stereocenters. The molecular weight excluding hydrogens is 183 g/mol. The van der Waals surface area contributed by atoms with Crippen LogP contribution in [0.4, 0.5) is 4.39 Å². The highest BCUT2D eigenvalue weighted by atomic mass is 19.1. The summed E-state index contributed by atoms with van der Waals surface area (Å²) in [5, 5.41) is 0. The number of benzene rings is 1. The van der Waals surface area contributed by atoms with Gasteiger partial charge in [-0.05, 0) is 26.0 Å². The van der Waals surface area contributed by atoms with E-state index in [9.17, 15) is 9.18 Å². The quantitative estimate of drug-likeness (QED) is 0.592. The Bertz CT molecular complexity index is 396. The lowest BCUT2D eigenvalue weighted by molar-refractivity contribution is -0.00708. The van der Waals surface area contributed by atoms with Crippen LogP contribution in [0.15, 0.2) is 18.2 Å². The third-order valence-electron chi connectivity index (χ3n) is 2.31. The molecule has 0 aromatic heterocycles. The fourth-order valence-corrected chi connectivity index (χ4v) is 1.70. The zero-order chi connectivity index (χ0) is 10.3. The number of hydrogen-bond donors (Lipinski definition) is 0. The Balaban J connectivity index is 2.56. The van der Waals surface area contributed by atoms with Gasteiger partial charge < -0.3 is 4.74 Å². The molecule has 0 amide bonds. The summed E-state index contributed by atoms with van der Waals surface area (Å²) in [5.74, 6) is -0.761. The van der Waals surface area contributed by atoms with Crippen LogP contribution in [0.1, 0.15) is 29.8 Å². The van der Waals surface area contributed by atoms with E-state index in [1.807, 2.05) is 0 Å². The molecule has 0 aliphatic carbocycles. The first-order chi connectivity index (χ1) is 6.49. The molecule has 1 aliphatic rings. The van der Waals surface area contributed by atoms with Crippen molar-refractivity contribution in [1.82, 2.24) is 0 Å². The van der Waals surface area contributed by atoms with Crippen LogP contribution in [0.5, 0.6) is 0 Å². The predicted octanol–water partition coefficient (Wildman–Crippen LogP) is 2.32. The Morgan fingerprint density at radius 2 is 2.14 bits per heavy atom. The smallest absolute Gasteiger partial charge is 0.339 e. The molecule has 0 bridgehead atoms. The average molecular weight is 194 g/mol. The molecule has 0 N–H and O–H groups in total. The maximum absolute atomic E-state index is 13.4. The standard InChI is InChI=1S/C11H11FO2/c1-11(2)6-8-7(10(13)14-11)4-3-5-9(8)12/h3-5H,6H2,1-2H3. The molecule has 1 aromatic carbocycles. The van der Waals surface area contributed by atoms with Crippen molar-refractivity contribution in [2.75, 3.05) is 0 Å². The van der Waals surface area contributed by atoms with Crippen LogP contribution in [0.25, 0.3) is 0 Å². The van der Waals surface area contributed by atoms with Crippen LogP contribution in [0.3, 0.4) is 0 Å². The molecule has 0 spiro atoms. The molecule has 0 radical (unpaired) electrons. The van der Waals surface area contributed by atoms with Gasteiger partial charge in [-0.15, -0.1) is 0 Å². The maximum Gasteiger partial charge on any atom is 0.339 e. The van der Waals surface area contributed by atoms with E-state index < -0.39 is 11.6 Å². The lowest BCUT2D eigenvalue weighted by atomic mass is 9.91. The average Bonchev–Trinajstić information content (AvgIpc) is 2.05. The van der Waals surface area contributed by atoms with Gasteiger partial charge in [-0.25, -0.2) is 9.18 Å². The molecule has 1 aliphatic heterocycles. The van der Waals surface area contributed by atoms with Gasteiger partial charge in [-0.3, -0.25) is 0 Å². The minimum atomic E-state index is -0.605. The molecular formula is C11H11FO2. The van der Waals surface area contributed by atoms with E-state index in [1.54, 1.807) is 19.9 Å². The van der Waals surface area contributed by atoms with Crippen molar-refractivity contribution in [2.24, 2.45) is 0 Å². The summed E-state index contributed by atoms with van der Waals surface area (Å²) < 4.78 is 18.5. The van der Waals surface area contributed by atoms with Gasteiger partial charge in [0.25, 0.3) is 0 Å². The van der Waals surface area contributed by atoms with E-state index in [4.69, 9.17) is 4.74 Å². The molecule has 0 saturated heterocycles. The highest BCUT2D eigenvalue weighted by Gasteiger charge is 2.33. The highest BCUT2D eigenvalue weighted by molar-refractivity contribution is 5.92. The lowest BCUT2D eigenvalue weighted by Gasteiger charge is -2.31. The van der Waals surface area contributed by atoms with Crippen LogP contribution < -0.4 is 0 Å². The minimum Gasteiger partial charge on any atom is -0.456 e. The Labute approximate surface area is 81.7 Å². The molecule has 3 heteroatoms. The number of hydrogen-bond acceptors (Lipinski definition) is 2. The molecule has 1 heterocycles. The van der Waals surface area contributed by atoms with E-state index >= 15 is 0 Å². The number of carbonyl (C=O) groups excluding carboxylic acids is 1. The molecule has 0 atom stereocenters. The van der Waals surface area contributed by atoms with Crippen LogP contribution in [0.2, 0.25) is 0 Å². The predicted molar refractivity (Wildman–Crippen MR) is 49.6 cm³/mol. The van der Waals surface area contributed by atoms with Gasteiger partial charge in [0, 0.05) is 12.0 Å². The minimum absolute atomic E-state index is 0.327. The molecule has 1 aromatic rings. The first-order valence-electron chi connectivity index (χ1n) is 4.50. The number of halogens is 1. The van der Waals surface area contributed by atoms with Gasteiger partial charge in [0.15, 0.2) is 0 Å². The third-order valence-corrected chi connectivity index (χ3v) is 2.31. The lowest BCUT2D eigenvalue weighted by Crippen LogP contribution is -2.36. The van der Waals surface area contributed by atoms with Crippen LogP contribution in [-0.4, -0.2) is 11.6 Å². The summed E-state index contributed by atoms with van der Waals surface area (Å²) in [6.45, 7) is 3.56. The number of cyclic esters (lactones) is 1. The number of carbonyl (C=O) groups is 1. The molecule has 0 saturated carbocycles. The van der Waals surface area contributed by atoms with Crippen LogP contribution in [0, 0.1) is 5.82 Å². The number of ether oxygens (including phenoxy) is 1. The second-order valence-electron chi connectivity index (χ2n) is 4.09. The van der Waals surface area contributed by atoms with E-state index in [2.05, 4.69) is 0 Å². The number of fused-ring (bicyclic) bond motifs is 1. The van der Waals surface area contributed by atoms with Crippen molar-refractivity contribution < 1.29 is 13.9 Å². The summed E-state index contributed by atoms with van der Waals surface area (Å²) in [6, 6.07) is 4.48. The van der Waals surface area contributed by atoms with Crippen molar-refractivity contribution in [2.45, 2.75) is 25.9 Å². The first kappa shape index (κ1) is 9.19. The van der Waals surface area contributed by atoms with E-state index in [0.717, 1.165) is 0 Å². The monoisotopic (exact) mass is 194 g/mol. The van der Waals surface area contributed by atoms with E-state index in [0.29, 0.717) is 17.5 Å². The highest BCUT2D eigenvalue weighted by Crippen LogP contribution is 2.29. The zero-order valence-corrected chi connectivity index (χ0v) is 8.13. The van der Waals surface area contributed by atoms with Crippen molar-refractivity contribution in [3.8, 4) is 0 Å². The number of rotatable bonds is 0. The Kier molecular flexibility index (Phi) is 1.84. The van der Waals surface area contributed by atoms with Crippen molar-refractivity contribution in [3.05, 3.63) is 35.1 Å². The second-order valence-corrected chi connectivity index (χ2v) is 4.09. The van der Waals surface area contributed by atoms with Gasteiger partial charge in [0.2, 0.25) is 0 Å². The first-order valence-corrected chi connectivity index (χ1v) is 4.50. The fraction of sp³-hybridized carbons (Fsp3) is 0.364. The zero-order valence-electron chi connectivity index (χ0n) is 8.13. The maximum atomic E-state index is 13.4. The fourth-order valence-electron chi connectivity index (χ4n) is 1.70. The van der Waals surface area contributed by atoms with Crippen LogP contribution in [-0.2, 0) is 11.2 Å². The largest absolute Gasteiger partial charge is 0.456 e. The summed E-state index contributed by atoms with van der Waals surface area (Å²) in [5.41, 5.74) is 0.213. The van der Waals surface area contributed by atoms with Gasteiger partial charge in [-0.2, -0.15) is 0 Å². The second kappa shape index (κ2) is 2.80. The normalized spacial score (nSPS) is 18.6. The molecule has 14 heavy (non-hydrogen) atoms. The van der Waals surface area contributed by atoms with Crippen LogP contribution >= 0.6 is 0 Å². The van der Waals surface area contributed by atoms with Gasteiger partial charge >= 0.3 is 5.97 Å². The molecule has 0 fully saturated rings.